The van der Waals surface area contributed by atoms with Gasteiger partial charge in [0.1, 0.15) is 0 Å². The quantitative estimate of drug-likeness (QED) is 0.632. The summed E-state index contributed by atoms with van der Waals surface area (Å²) in [4.78, 5) is 4.60. The maximum atomic E-state index is 10.4. The fourth-order valence-corrected chi connectivity index (χ4v) is 3.18. The molecule has 1 aromatic heterocycles. The van der Waals surface area contributed by atoms with Crippen molar-refractivity contribution in [2.75, 3.05) is 0 Å². The molecule has 0 saturated heterocycles. The number of pyridine rings is 1. The molecule has 106 valence electrons. The Balaban J connectivity index is 1.88. The summed E-state index contributed by atoms with van der Waals surface area (Å²) in [7, 11) is 0. The molecular formula is C17H13ClINO. The van der Waals surface area contributed by atoms with Crippen molar-refractivity contribution in [2.24, 2.45) is 0 Å². The molecule has 1 N–H and O–H groups in total. The molecule has 1 unspecified atom stereocenters. The van der Waals surface area contributed by atoms with Gasteiger partial charge < -0.3 is 5.11 Å². The van der Waals surface area contributed by atoms with E-state index in [2.05, 4.69) is 27.6 Å². The summed E-state index contributed by atoms with van der Waals surface area (Å²) >= 11 is 8.22. The van der Waals surface area contributed by atoms with Crippen LogP contribution in [0.5, 0.6) is 0 Å². The zero-order chi connectivity index (χ0) is 14.8. The van der Waals surface area contributed by atoms with E-state index < -0.39 is 6.10 Å². The van der Waals surface area contributed by atoms with E-state index in [0.717, 1.165) is 25.7 Å². The third kappa shape index (κ3) is 3.36. The lowest BCUT2D eigenvalue weighted by Crippen LogP contribution is -2.05. The van der Waals surface area contributed by atoms with Gasteiger partial charge in [0, 0.05) is 26.1 Å². The molecule has 0 aliphatic carbocycles. The molecule has 0 saturated carbocycles. The Labute approximate surface area is 141 Å². The molecule has 1 atom stereocenters. The average molecular weight is 410 g/mol. The number of aliphatic hydroxyl groups is 1. The minimum Gasteiger partial charge on any atom is -0.388 e. The second-order valence-electron chi connectivity index (χ2n) is 4.88. The zero-order valence-corrected chi connectivity index (χ0v) is 14.0. The Hall–Kier alpha value is -1.17. The normalized spacial score (nSPS) is 12.5. The monoisotopic (exact) mass is 409 g/mol. The lowest BCUT2D eigenvalue weighted by Gasteiger charge is -2.13. The van der Waals surface area contributed by atoms with Crippen LogP contribution in [0.2, 0.25) is 5.02 Å². The summed E-state index contributed by atoms with van der Waals surface area (Å²) in [6.07, 6.45) is -0.134. The summed E-state index contributed by atoms with van der Waals surface area (Å²) < 4.78 is 1.00. The first-order valence-corrected chi connectivity index (χ1v) is 8.07. The van der Waals surface area contributed by atoms with E-state index in [1.807, 2.05) is 54.6 Å². The first kappa shape index (κ1) is 14.8. The van der Waals surface area contributed by atoms with Crippen LogP contribution in [0, 0.1) is 3.57 Å². The molecule has 0 bridgehead atoms. The predicted octanol–water partition coefficient (Wildman–Crippen LogP) is 4.77. The second-order valence-corrected chi connectivity index (χ2v) is 6.48. The van der Waals surface area contributed by atoms with Crippen LogP contribution in [-0.2, 0) is 6.42 Å². The standard InChI is InChI=1S/C17H13ClINO/c18-12-6-8-15(19)14(9-12)17(21)10-13-7-5-11-3-1-2-4-16(11)20-13/h1-9,17,21H,10H2. The van der Waals surface area contributed by atoms with Crippen LogP contribution >= 0.6 is 34.2 Å². The van der Waals surface area contributed by atoms with E-state index in [1.54, 1.807) is 0 Å². The van der Waals surface area contributed by atoms with Crippen LogP contribution in [0.1, 0.15) is 17.4 Å². The van der Waals surface area contributed by atoms with Gasteiger partial charge in [0.05, 0.1) is 11.6 Å². The molecule has 0 amide bonds. The number of aliphatic hydroxyl groups excluding tert-OH is 1. The Bertz CT molecular complexity index is 791. The van der Waals surface area contributed by atoms with Crippen LogP contribution in [0.3, 0.4) is 0 Å². The van der Waals surface area contributed by atoms with E-state index in [0.29, 0.717) is 11.4 Å². The number of para-hydroxylation sites is 1. The van der Waals surface area contributed by atoms with E-state index in [9.17, 15) is 5.11 Å². The Morgan fingerprint density at radius 1 is 1.10 bits per heavy atom. The highest BCUT2D eigenvalue weighted by Crippen LogP contribution is 2.26. The Morgan fingerprint density at radius 2 is 1.90 bits per heavy atom. The highest BCUT2D eigenvalue weighted by molar-refractivity contribution is 14.1. The van der Waals surface area contributed by atoms with E-state index in [1.165, 1.54) is 0 Å². The topological polar surface area (TPSA) is 33.1 Å². The van der Waals surface area contributed by atoms with Gasteiger partial charge in [0.15, 0.2) is 0 Å². The molecule has 0 radical (unpaired) electrons. The van der Waals surface area contributed by atoms with Crippen molar-refractivity contribution in [3.63, 3.8) is 0 Å². The molecule has 2 aromatic carbocycles. The maximum Gasteiger partial charge on any atom is 0.0856 e. The van der Waals surface area contributed by atoms with E-state index in [4.69, 9.17) is 11.6 Å². The number of benzene rings is 2. The lowest BCUT2D eigenvalue weighted by atomic mass is 10.0. The summed E-state index contributed by atoms with van der Waals surface area (Å²) in [6.45, 7) is 0. The number of aromatic nitrogens is 1. The summed E-state index contributed by atoms with van der Waals surface area (Å²) in [6, 6.07) is 17.5. The summed E-state index contributed by atoms with van der Waals surface area (Å²) in [5.41, 5.74) is 2.66. The van der Waals surface area contributed by atoms with E-state index in [-0.39, 0.29) is 0 Å². The van der Waals surface area contributed by atoms with Crippen molar-refractivity contribution in [2.45, 2.75) is 12.5 Å². The van der Waals surface area contributed by atoms with Crippen LogP contribution < -0.4 is 0 Å². The average Bonchev–Trinajstić information content (AvgIpc) is 2.49. The number of nitrogens with zero attached hydrogens (tertiary/aromatic N) is 1. The highest BCUT2D eigenvalue weighted by Gasteiger charge is 2.13. The minimum absolute atomic E-state index is 0.473. The number of rotatable bonds is 3. The van der Waals surface area contributed by atoms with Crippen LogP contribution in [0.4, 0.5) is 0 Å². The van der Waals surface area contributed by atoms with Gasteiger partial charge in [-0.2, -0.15) is 0 Å². The van der Waals surface area contributed by atoms with Crippen molar-refractivity contribution in [1.29, 1.82) is 0 Å². The van der Waals surface area contributed by atoms with Crippen LogP contribution in [0.15, 0.2) is 54.6 Å². The van der Waals surface area contributed by atoms with Crippen molar-refractivity contribution >= 4 is 45.1 Å². The fourth-order valence-electron chi connectivity index (χ4n) is 2.30. The molecule has 3 aromatic rings. The van der Waals surface area contributed by atoms with Gasteiger partial charge in [-0.3, -0.25) is 4.98 Å². The fraction of sp³-hybridized carbons (Fsp3) is 0.118. The van der Waals surface area contributed by atoms with Gasteiger partial charge >= 0.3 is 0 Å². The molecule has 0 aliphatic rings. The van der Waals surface area contributed by atoms with Crippen molar-refractivity contribution in [3.8, 4) is 0 Å². The first-order valence-electron chi connectivity index (χ1n) is 6.61. The largest absolute Gasteiger partial charge is 0.388 e. The zero-order valence-electron chi connectivity index (χ0n) is 11.1. The third-order valence-corrected chi connectivity index (χ3v) is 4.59. The van der Waals surface area contributed by atoms with Gasteiger partial charge in [-0.25, -0.2) is 0 Å². The molecule has 0 fully saturated rings. The second kappa shape index (κ2) is 6.30. The lowest BCUT2D eigenvalue weighted by molar-refractivity contribution is 0.176. The SMILES string of the molecule is OC(Cc1ccc2ccccc2n1)c1cc(Cl)ccc1I. The van der Waals surface area contributed by atoms with E-state index >= 15 is 0 Å². The predicted molar refractivity (Wildman–Crippen MR) is 94.6 cm³/mol. The summed E-state index contributed by atoms with van der Waals surface area (Å²) in [5.74, 6) is 0. The smallest absolute Gasteiger partial charge is 0.0856 e. The van der Waals surface area contributed by atoms with Gasteiger partial charge in [0.25, 0.3) is 0 Å². The van der Waals surface area contributed by atoms with Crippen LogP contribution in [-0.4, -0.2) is 10.1 Å². The Morgan fingerprint density at radius 3 is 2.76 bits per heavy atom. The molecule has 3 rings (SSSR count). The van der Waals surface area contributed by atoms with Gasteiger partial charge in [0.2, 0.25) is 0 Å². The van der Waals surface area contributed by atoms with Crippen molar-refractivity contribution in [1.82, 2.24) is 4.98 Å². The van der Waals surface area contributed by atoms with Gasteiger partial charge in [-0.05, 0) is 58.5 Å². The molecule has 0 spiro atoms. The number of fused-ring (bicyclic) bond motifs is 1. The maximum absolute atomic E-state index is 10.4. The minimum atomic E-state index is -0.607. The molecular weight excluding hydrogens is 397 g/mol. The molecule has 2 nitrogen and oxygen atoms in total. The molecule has 1 heterocycles. The summed E-state index contributed by atoms with van der Waals surface area (Å²) in [5, 5.41) is 12.2. The molecule has 0 aliphatic heterocycles. The highest BCUT2D eigenvalue weighted by atomic mass is 127. The molecule has 21 heavy (non-hydrogen) atoms. The van der Waals surface area contributed by atoms with Crippen molar-refractivity contribution < 1.29 is 5.11 Å². The molecule has 4 heteroatoms. The van der Waals surface area contributed by atoms with Gasteiger partial charge in [-0.15, -0.1) is 0 Å². The number of hydrogen-bond donors (Lipinski definition) is 1. The van der Waals surface area contributed by atoms with Crippen molar-refractivity contribution in [3.05, 3.63) is 74.4 Å². The Kier molecular flexibility index (Phi) is 4.42. The third-order valence-electron chi connectivity index (χ3n) is 3.38. The number of hydrogen-bond acceptors (Lipinski definition) is 2. The van der Waals surface area contributed by atoms with Gasteiger partial charge in [-0.1, -0.05) is 35.9 Å². The number of halogens is 2. The first-order chi connectivity index (χ1) is 10.1. The van der Waals surface area contributed by atoms with Crippen LogP contribution in [0.25, 0.3) is 10.9 Å².